The quantitative estimate of drug-likeness (QED) is 0.853. The lowest BCUT2D eigenvalue weighted by Crippen LogP contribution is -2.34. The van der Waals surface area contributed by atoms with Crippen LogP contribution in [0.25, 0.3) is 0 Å². The number of nitrogens with two attached hydrogens (primary N) is 1. The van der Waals surface area contributed by atoms with Gasteiger partial charge in [0.15, 0.2) is 0 Å². The first-order valence-corrected chi connectivity index (χ1v) is 8.19. The van der Waals surface area contributed by atoms with Crippen LogP contribution in [-0.2, 0) is 6.42 Å². The van der Waals surface area contributed by atoms with Crippen LogP contribution in [0.4, 0.5) is 0 Å². The fraction of sp³-hybridized carbons (Fsp3) is 0.667. The van der Waals surface area contributed by atoms with Gasteiger partial charge in [0.1, 0.15) is 0 Å². The summed E-state index contributed by atoms with van der Waals surface area (Å²) in [7, 11) is 0. The molecule has 0 spiro atoms. The molecule has 0 aromatic heterocycles. The van der Waals surface area contributed by atoms with Crippen LogP contribution in [0.5, 0.6) is 0 Å². The number of benzene rings is 1. The van der Waals surface area contributed by atoms with Gasteiger partial charge in [0, 0.05) is 6.04 Å². The Bertz CT molecular complexity index is 461. The molecule has 102 valence electrons. The number of hydrogen-bond acceptors (Lipinski definition) is 1. The van der Waals surface area contributed by atoms with Crippen LogP contribution >= 0.6 is 0 Å². The van der Waals surface area contributed by atoms with E-state index in [-0.39, 0.29) is 0 Å². The number of hydrogen-bond donors (Lipinski definition) is 1. The summed E-state index contributed by atoms with van der Waals surface area (Å²) in [6.45, 7) is 0. The summed E-state index contributed by atoms with van der Waals surface area (Å²) < 4.78 is 0. The third kappa shape index (κ3) is 1.94. The van der Waals surface area contributed by atoms with Crippen LogP contribution in [-0.4, -0.2) is 6.04 Å². The number of fused-ring (bicyclic) bond motifs is 3. The first-order chi connectivity index (χ1) is 9.36. The molecule has 4 unspecified atom stereocenters. The average molecular weight is 255 g/mol. The molecule has 3 aliphatic carbocycles. The highest BCUT2D eigenvalue weighted by molar-refractivity contribution is 5.40. The van der Waals surface area contributed by atoms with Crippen molar-refractivity contribution in [2.24, 2.45) is 23.5 Å². The van der Waals surface area contributed by atoms with E-state index >= 15 is 0 Å². The van der Waals surface area contributed by atoms with E-state index < -0.39 is 0 Å². The van der Waals surface area contributed by atoms with Gasteiger partial charge in [0.05, 0.1) is 0 Å². The molecular formula is C18H25N. The summed E-state index contributed by atoms with van der Waals surface area (Å²) in [6, 6.07) is 9.56. The number of aryl methyl sites for hydroxylation is 1. The van der Waals surface area contributed by atoms with Gasteiger partial charge < -0.3 is 5.73 Å². The van der Waals surface area contributed by atoms with Gasteiger partial charge in [0.2, 0.25) is 0 Å². The minimum absolute atomic E-state index is 0.474. The summed E-state index contributed by atoms with van der Waals surface area (Å²) in [5.41, 5.74) is 9.90. The Labute approximate surface area is 116 Å². The molecule has 0 bridgehead atoms. The molecule has 0 saturated heterocycles. The second kappa shape index (κ2) is 4.63. The van der Waals surface area contributed by atoms with E-state index in [0.717, 1.165) is 23.7 Å². The van der Waals surface area contributed by atoms with E-state index in [9.17, 15) is 0 Å². The minimum Gasteiger partial charge on any atom is -0.327 e. The zero-order valence-corrected chi connectivity index (χ0v) is 11.7. The van der Waals surface area contributed by atoms with Gasteiger partial charge in [-0.2, -0.15) is 0 Å². The Morgan fingerprint density at radius 3 is 2.63 bits per heavy atom. The highest BCUT2D eigenvalue weighted by Gasteiger charge is 2.56. The van der Waals surface area contributed by atoms with E-state index in [1.54, 1.807) is 11.1 Å². The van der Waals surface area contributed by atoms with E-state index in [0.29, 0.717) is 6.04 Å². The predicted molar refractivity (Wildman–Crippen MR) is 79.0 cm³/mol. The SMILES string of the molecule is NC(C1CCCCC1)C1C2CCc3ccccc3C21. The zero-order valence-electron chi connectivity index (χ0n) is 11.7. The second-order valence-corrected chi connectivity index (χ2v) is 6.98. The molecule has 1 heteroatoms. The van der Waals surface area contributed by atoms with Gasteiger partial charge in [-0.15, -0.1) is 0 Å². The zero-order chi connectivity index (χ0) is 12.8. The summed E-state index contributed by atoms with van der Waals surface area (Å²) in [4.78, 5) is 0. The van der Waals surface area contributed by atoms with Crippen LogP contribution in [0, 0.1) is 17.8 Å². The molecule has 0 amide bonds. The van der Waals surface area contributed by atoms with Crippen LogP contribution < -0.4 is 5.73 Å². The molecule has 2 saturated carbocycles. The minimum atomic E-state index is 0.474. The van der Waals surface area contributed by atoms with Crippen LogP contribution in [0.15, 0.2) is 24.3 Å². The normalized spacial score (nSPS) is 35.3. The van der Waals surface area contributed by atoms with E-state index in [4.69, 9.17) is 5.73 Å². The largest absolute Gasteiger partial charge is 0.327 e. The molecule has 0 radical (unpaired) electrons. The maximum absolute atomic E-state index is 6.67. The first kappa shape index (κ1) is 12.0. The van der Waals surface area contributed by atoms with Crippen LogP contribution in [0.2, 0.25) is 0 Å². The van der Waals surface area contributed by atoms with Gasteiger partial charge >= 0.3 is 0 Å². The number of rotatable bonds is 2. The van der Waals surface area contributed by atoms with E-state index in [1.165, 1.54) is 44.9 Å². The van der Waals surface area contributed by atoms with Crippen molar-refractivity contribution in [2.45, 2.75) is 56.9 Å². The molecule has 2 N–H and O–H groups in total. The smallest absolute Gasteiger partial charge is 0.0104 e. The Hall–Kier alpha value is -0.820. The summed E-state index contributed by atoms with van der Waals surface area (Å²) in [6.07, 6.45) is 9.70. The summed E-state index contributed by atoms with van der Waals surface area (Å²) >= 11 is 0. The monoisotopic (exact) mass is 255 g/mol. The fourth-order valence-corrected chi connectivity index (χ4v) is 4.98. The molecule has 19 heavy (non-hydrogen) atoms. The molecule has 2 fully saturated rings. The third-order valence-electron chi connectivity index (χ3n) is 6.03. The highest BCUT2D eigenvalue weighted by Crippen LogP contribution is 2.62. The third-order valence-corrected chi connectivity index (χ3v) is 6.03. The molecule has 0 aliphatic heterocycles. The lowest BCUT2D eigenvalue weighted by atomic mass is 9.81. The second-order valence-electron chi connectivity index (χ2n) is 6.98. The maximum Gasteiger partial charge on any atom is 0.0104 e. The standard InChI is InChI=1S/C18H25N/c19-18(13-7-2-1-3-8-13)17-15-11-10-12-6-4-5-9-14(12)16(15)17/h4-6,9,13,15-18H,1-3,7-8,10-11,19H2. The van der Waals surface area contributed by atoms with Crippen LogP contribution in [0.1, 0.15) is 55.6 Å². The lowest BCUT2D eigenvalue weighted by Gasteiger charge is -2.28. The predicted octanol–water partition coefficient (Wildman–Crippen LogP) is 3.87. The Balaban J connectivity index is 1.53. The van der Waals surface area contributed by atoms with Gasteiger partial charge in [-0.3, -0.25) is 0 Å². The van der Waals surface area contributed by atoms with E-state index in [2.05, 4.69) is 24.3 Å². The highest BCUT2D eigenvalue weighted by atomic mass is 14.8. The molecule has 4 rings (SSSR count). The Morgan fingerprint density at radius 2 is 1.79 bits per heavy atom. The Kier molecular flexibility index (Phi) is 2.91. The van der Waals surface area contributed by atoms with Crippen molar-refractivity contribution in [1.82, 2.24) is 0 Å². The lowest BCUT2D eigenvalue weighted by molar-refractivity contribution is 0.277. The van der Waals surface area contributed by atoms with E-state index in [1.807, 2.05) is 0 Å². The summed E-state index contributed by atoms with van der Waals surface area (Å²) in [5.74, 6) is 3.33. The topological polar surface area (TPSA) is 26.0 Å². The Morgan fingerprint density at radius 1 is 1.00 bits per heavy atom. The van der Waals surface area contributed by atoms with Crippen molar-refractivity contribution in [3.63, 3.8) is 0 Å². The van der Waals surface area contributed by atoms with Crippen molar-refractivity contribution in [2.75, 3.05) is 0 Å². The van der Waals surface area contributed by atoms with Crippen molar-refractivity contribution in [3.8, 4) is 0 Å². The van der Waals surface area contributed by atoms with Crippen molar-refractivity contribution in [3.05, 3.63) is 35.4 Å². The summed E-state index contributed by atoms with van der Waals surface area (Å²) in [5, 5.41) is 0. The van der Waals surface area contributed by atoms with Crippen molar-refractivity contribution < 1.29 is 0 Å². The maximum atomic E-state index is 6.67. The van der Waals surface area contributed by atoms with Gasteiger partial charge in [0.25, 0.3) is 0 Å². The molecular weight excluding hydrogens is 230 g/mol. The van der Waals surface area contributed by atoms with Crippen molar-refractivity contribution >= 4 is 0 Å². The van der Waals surface area contributed by atoms with Gasteiger partial charge in [-0.25, -0.2) is 0 Å². The molecule has 3 aliphatic rings. The van der Waals surface area contributed by atoms with Gasteiger partial charge in [-0.1, -0.05) is 43.5 Å². The van der Waals surface area contributed by atoms with Gasteiger partial charge in [-0.05, 0) is 60.5 Å². The molecule has 4 atom stereocenters. The molecule has 0 heterocycles. The molecule has 1 nitrogen and oxygen atoms in total. The molecule has 1 aromatic rings. The fourth-order valence-electron chi connectivity index (χ4n) is 4.98. The van der Waals surface area contributed by atoms with Crippen LogP contribution in [0.3, 0.4) is 0 Å². The van der Waals surface area contributed by atoms with Crippen molar-refractivity contribution in [1.29, 1.82) is 0 Å². The first-order valence-electron chi connectivity index (χ1n) is 8.19. The average Bonchev–Trinajstić information content (AvgIpc) is 3.22. The molecule has 1 aromatic carbocycles.